The lowest BCUT2D eigenvalue weighted by molar-refractivity contribution is 0.669. The molecule has 0 fully saturated rings. The van der Waals surface area contributed by atoms with Crippen molar-refractivity contribution in [2.24, 2.45) is 0 Å². The summed E-state index contributed by atoms with van der Waals surface area (Å²) in [6.45, 7) is 0. The Bertz CT molecular complexity index is 4550. The first-order chi connectivity index (χ1) is 37.7. The van der Waals surface area contributed by atoms with Crippen LogP contribution in [-0.2, 0) is 10.8 Å². The summed E-state index contributed by atoms with van der Waals surface area (Å²) in [7, 11) is 0. The minimum Gasteiger partial charge on any atom is -0.456 e. The summed E-state index contributed by atoms with van der Waals surface area (Å²) in [6.07, 6.45) is 0. The highest BCUT2D eigenvalue weighted by Crippen LogP contribution is 2.68. The van der Waals surface area contributed by atoms with Crippen molar-refractivity contribution in [3.05, 3.63) is 317 Å². The van der Waals surface area contributed by atoms with Crippen LogP contribution in [0.15, 0.2) is 277 Å². The van der Waals surface area contributed by atoms with Gasteiger partial charge < -0.3 is 9.32 Å². The van der Waals surface area contributed by atoms with Crippen LogP contribution >= 0.6 is 0 Å². The van der Waals surface area contributed by atoms with E-state index in [-0.39, 0.29) is 0 Å². The highest BCUT2D eigenvalue weighted by Gasteiger charge is 2.54. The van der Waals surface area contributed by atoms with Crippen LogP contribution in [0, 0.1) is 0 Å². The van der Waals surface area contributed by atoms with Gasteiger partial charge in [0.1, 0.15) is 11.2 Å². The van der Waals surface area contributed by atoms with Crippen LogP contribution < -0.4 is 4.90 Å². The molecule has 17 rings (SSSR count). The molecule has 2 heteroatoms. The van der Waals surface area contributed by atoms with Gasteiger partial charge in [-0.1, -0.05) is 224 Å². The van der Waals surface area contributed by atoms with Gasteiger partial charge in [0.2, 0.25) is 0 Å². The molecule has 12 aromatic carbocycles. The number of nitrogens with zero attached hydrogens (tertiary/aromatic N) is 1. The molecule has 0 aliphatic heterocycles. The first-order valence-electron chi connectivity index (χ1n) is 26.5. The van der Waals surface area contributed by atoms with Crippen molar-refractivity contribution in [1.29, 1.82) is 0 Å². The second kappa shape index (κ2) is 15.4. The smallest absolute Gasteiger partial charge is 0.135 e. The predicted octanol–water partition coefficient (Wildman–Crippen LogP) is 19.1. The van der Waals surface area contributed by atoms with Crippen LogP contribution in [-0.4, -0.2) is 0 Å². The molecule has 1 atom stereocenters. The fourth-order valence-electron chi connectivity index (χ4n) is 14.6. The Labute approximate surface area is 441 Å². The molecular formula is C74H45NO. The van der Waals surface area contributed by atoms with Crippen molar-refractivity contribution in [2.75, 3.05) is 4.90 Å². The van der Waals surface area contributed by atoms with E-state index < -0.39 is 10.8 Å². The minimum absolute atomic E-state index is 0.496. The first-order valence-corrected chi connectivity index (χ1v) is 26.5. The minimum atomic E-state index is -0.559. The Morgan fingerprint density at radius 3 is 1.25 bits per heavy atom. The molecule has 352 valence electrons. The fourth-order valence-corrected chi connectivity index (χ4v) is 14.6. The lowest BCUT2D eigenvalue weighted by Gasteiger charge is -2.33. The van der Waals surface area contributed by atoms with Gasteiger partial charge in [0.25, 0.3) is 0 Å². The number of hydrogen-bond donors (Lipinski definition) is 0. The molecule has 0 saturated heterocycles. The summed E-state index contributed by atoms with van der Waals surface area (Å²) >= 11 is 0. The van der Waals surface area contributed by atoms with Gasteiger partial charge in [0.15, 0.2) is 0 Å². The van der Waals surface area contributed by atoms with Gasteiger partial charge in [-0.25, -0.2) is 0 Å². The molecule has 13 aromatic rings. The number of fused-ring (bicyclic) bond motifs is 23. The molecule has 0 N–H and O–H groups in total. The van der Waals surface area contributed by atoms with Crippen LogP contribution in [0.3, 0.4) is 0 Å². The summed E-state index contributed by atoms with van der Waals surface area (Å²) < 4.78 is 6.28. The Hall–Kier alpha value is -9.76. The van der Waals surface area contributed by atoms with Crippen LogP contribution in [0.2, 0.25) is 0 Å². The maximum absolute atomic E-state index is 6.28. The maximum Gasteiger partial charge on any atom is 0.135 e. The van der Waals surface area contributed by atoms with Gasteiger partial charge in [0, 0.05) is 27.6 Å². The van der Waals surface area contributed by atoms with E-state index in [0.717, 1.165) is 50.1 Å². The molecule has 1 unspecified atom stereocenters. The lowest BCUT2D eigenvalue weighted by Crippen LogP contribution is -2.26. The molecule has 2 spiro atoms. The quantitative estimate of drug-likeness (QED) is 0.171. The van der Waals surface area contributed by atoms with Crippen molar-refractivity contribution in [2.45, 2.75) is 10.8 Å². The highest BCUT2D eigenvalue weighted by atomic mass is 16.3. The van der Waals surface area contributed by atoms with Crippen molar-refractivity contribution in [3.8, 4) is 66.8 Å². The van der Waals surface area contributed by atoms with Crippen molar-refractivity contribution < 1.29 is 4.42 Å². The van der Waals surface area contributed by atoms with E-state index in [1.54, 1.807) is 0 Å². The summed E-state index contributed by atoms with van der Waals surface area (Å²) in [5, 5.41) is 2.25. The molecule has 1 aromatic heterocycles. The van der Waals surface area contributed by atoms with Crippen molar-refractivity contribution in [1.82, 2.24) is 0 Å². The second-order valence-electron chi connectivity index (χ2n) is 20.9. The third-order valence-corrected chi connectivity index (χ3v) is 17.5. The summed E-state index contributed by atoms with van der Waals surface area (Å²) in [6, 6.07) is 102. The molecule has 2 nitrogen and oxygen atoms in total. The van der Waals surface area contributed by atoms with Gasteiger partial charge in [0.05, 0.1) is 22.2 Å². The van der Waals surface area contributed by atoms with Gasteiger partial charge in [-0.3, -0.25) is 0 Å². The standard InChI is InChI=1S/C74H45NO/c1-2-18-46(19-3-1)49-38-42-54-53-22-6-12-28-61(53)74(66(54)45-49)63-30-14-8-25-57(63)72-65(74)32-17-34-68(72)75(50-40-36-47(37-41-50)48-39-43-70-58(44-48)55-23-9-15-35-69(55)76-70)67-33-16-31-64-71(67)56-24-7-13-29-62(56)73(64)59-26-10-4-20-51(59)52-21-5-11-27-60(52)73/h1-45H. The fraction of sp³-hybridized carbons (Fsp3) is 0.0270. The van der Waals surface area contributed by atoms with E-state index in [1.807, 2.05) is 6.07 Å². The number of furan rings is 1. The Balaban J connectivity index is 0.941. The Kier molecular flexibility index (Phi) is 8.44. The number of para-hydroxylation sites is 1. The monoisotopic (exact) mass is 963 g/mol. The third-order valence-electron chi connectivity index (χ3n) is 17.5. The average molecular weight is 964 g/mol. The lowest BCUT2D eigenvalue weighted by atomic mass is 9.70. The number of hydrogen-bond acceptors (Lipinski definition) is 2. The summed E-state index contributed by atoms with van der Waals surface area (Å²) in [5.41, 5.74) is 29.6. The van der Waals surface area contributed by atoms with Gasteiger partial charge in [-0.15, -0.1) is 0 Å². The van der Waals surface area contributed by atoms with Crippen molar-refractivity contribution in [3.63, 3.8) is 0 Å². The van der Waals surface area contributed by atoms with Gasteiger partial charge in [-0.2, -0.15) is 0 Å². The molecular weight excluding hydrogens is 919 g/mol. The maximum atomic E-state index is 6.28. The molecule has 1 heterocycles. The third kappa shape index (κ3) is 5.30. The summed E-state index contributed by atoms with van der Waals surface area (Å²) in [4.78, 5) is 2.59. The normalized spacial score (nSPS) is 15.3. The van der Waals surface area contributed by atoms with E-state index in [9.17, 15) is 0 Å². The topological polar surface area (TPSA) is 16.4 Å². The number of anilines is 3. The molecule has 0 saturated carbocycles. The predicted molar refractivity (Wildman–Crippen MR) is 312 cm³/mol. The number of benzene rings is 12. The van der Waals surface area contributed by atoms with Crippen molar-refractivity contribution >= 4 is 39.0 Å². The largest absolute Gasteiger partial charge is 0.456 e. The molecule has 0 radical (unpaired) electrons. The summed E-state index contributed by atoms with van der Waals surface area (Å²) in [5.74, 6) is 0. The Morgan fingerprint density at radius 1 is 0.250 bits per heavy atom. The van der Waals surface area contributed by atoms with E-state index in [1.165, 1.54) is 100 Å². The van der Waals surface area contributed by atoms with E-state index >= 15 is 0 Å². The molecule has 4 aliphatic rings. The van der Waals surface area contributed by atoms with Crippen LogP contribution in [0.5, 0.6) is 0 Å². The first kappa shape index (κ1) is 41.7. The zero-order valence-corrected chi connectivity index (χ0v) is 41.3. The van der Waals surface area contributed by atoms with Crippen LogP contribution in [0.25, 0.3) is 88.7 Å². The Morgan fingerprint density at radius 2 is 0.658 bits per heavy atom. The van der Waals surface area contributed by atoms with E-state index in [2.05, 4.69) is 272 Å². The van der Waals surface area contributed by atoms with Crippen LogP contribution in [0.4, 0.5) is 17.1 Å². The zero-order valence-electron chi connectivity index (χ0n) is 41.3. The average Bonchev–Trinajstić information content (AvgIpc) is 3.86. The van der Waals surface area contributed by atoms with E-state index in [0.29, 0.717) is 0 Å². The van der Waals surface area contributed by atoms with E-state index in [4.69, 9.17) is 4.42 Å². The SMILES string of the molecule is c1ccc(-c2ccc3c(c2)C2(c4ccccc4-3)c3ccccc3-c3c(N(c4ccc(-c5ccc6oc7ccccc7c6c5)cc4)c4cccc5c4-c4ccccc4C54c5ccccc5-c5ccccc54)cccc32)cc1. The zero-order chi connectivity index (χ0) is 49.7. The van der Waals surface area contributed by atoms with Crippen LogP contribution in [0.1, 0.15) is 44.5 Å². The molecule has 0 amide bonds. The van der Waals surface area contributed by atoms with Gasteiger partial charge >= 0.3 is 0 Å². The molecule has 4 aliphatic carbocycles. The molecule has 0 bridgehead atoms. The van der Waals surface area contributed by atoms with Gasteiger partial charge in [-0.05, 0) is 149 Å². The number of rotatable bonds is 5. The second-order valence-corrected chi connectivity index (χ2v) is 20.9. The molecule has 76 heavy (non-hydrogen) atoms. The highest BCUT2D eigenvalue weighted by molar-refractivity contribution is 6.08.